The van der Waals surface area contributed by atoms with E-state index in [4.69, 9.17) is 0 Å². The summed E-state index contributed by atoms with van der Waals surface area (Å²) in [4.78, 5) is 15.1. The van der Waals surface area contributed by atoms with E-state index in [9.17, 15) is 4.79 Å². The van der Waals surface area contributed by atoms with Crippen LogP contribution >= 0.6 is 0 Å². The van der Waals surface area contributed by atoms with Gasteiger partial charge in [-0.2, -0.15) is 5.10 Å². The van der Waals surface area contributed by atoms with E-state index in [0.29, 0.717) is 5.92 Å². The van der Waals surface area contributed by atoms with Crippen molar-refractivity contribution in [3.63, 3.8) is 0 Å². The fourth-order valence-corrected chi connectivity index (χ4v) is 3.94. The van der Waals surface area contributed by atoms with Gasteiger partial charge in [0.1, 0.15) is 0 Å². The molecule has 1 amide bonds. The van der Waals surface area contributed by atoms with Crippen LogP contribution in [0.2, 0.25) is 0 Å². The van der Waals surface area contributed by atoms with Gasteiger partial charge in [-0.25, -0.2) is 0 Å². The second-order valence-corrected chi connectivity index (χ2v) is 7.59. The molecule has 0 bridgehead atoms. The molecular formula is C20H26N4O. The summed E-state index contributed by atoms with van der Waals surface area (Å²) in [7, 11) is 0. The highest BCUT2D eigenvalue weighted by Gasteiger charge is 2.51. The van der Waals surface area contributed by atoms with Crippen LogP contribution in [0.4, 0.5) is 0 Å². The number of amides is 1. The highest BCUT2D eigenvalue weighted by Crippen LogP contribution is 2.48. The molecule has 0 unspecified atom stereocenters. The Balaban J connectivity index is 1.27. The van der Waals surface area contributed by atoms with Crippen LogP contribution in [-0.2, 0) is 16.8 Å². The summed E-state index contributed by atoms with van der Waals surface area (Å²) in [5.41, 5.74) is 3.11. The molecule has 1 saturated heterocycles. The molecule has 1 aliphatic carbocycles. The van der Waals surface area contributed by atoms with Crippen molar-refractivity contribution in [2.75, 3.05) is 19.6 Å². The second-order valence-electron chi connectivity index (χ2n) is 7.59. The molecule has 2 aromatic rings. The summed E-state index contributed by atoms with van der Waals surface area (Å²) in [5, 5.41) is 10.5. The molecule has 1 aliphatic heterocycles. The Bertz CT molecular complexity index is 735. The van der Waals surface area contributed by atoms with E-state index in [1.54, 1.807) is 0 Å². The van der Waals surface area contributed by atoms with Crippen molar-refractivity contribution in [1.29, 1.82) is 0 Å². The van der Waals surface area contributed by atoms with Crippen LogP contribution in [0, 0.1) is 12.8 Å². The molecule has 1 atom stereocenters. The second kappa shape index (κ2) is 6.64. The molecule has 4 rings (SSSR count). The Morgan fingerprint density at radius 1 is 1.36 bits per heavy atom. The third-order valence-electron chi connectivity index (χ3n) is 5.58. The van der Waals surface area contributed by atoms with E-state index in [2.05, 4.69) is 38.6 Å². The predicted molar refractivity (Wildman–Crippen MR) is 97.1 cm³/mol. The molecular weight excluding hydrogens is 312 g/mol. The van der Waals surface area contributed by atoms with Crippen molar-refractivity contribution in [3.05, 3.63) is 53.3 Å². The van der Waals surface area contributed by atoms with Gasteiger partial charge >= 0.3 is 0 Å². The molecule has 1 aromatic carbocycles. The van der Waals surface area contributed by atoms with Gasteiger partial charge in [-0.3, -0.25) is 14.8 Å². The summed E-state index contributed by atoms with van der Waals surface area (Å²) in [6, 6.07) is 12.3. The van der Waals surface area contributed by atoms with Crippen LogP contribution in [0.25, 0.3) is 0 Å². The normalized spacial score (nSPS) is 22.0. The largest absolute Gasteiger partial charge is 0.355 e. The number of hydrogen-bond donors (Lipinski definition) is 2. The number of hydrogen-bond acceptors (Lipinski definition) is 3. The van der Waals surface area contributed by atoms with Crippen LogP contribution in [0.3, 0.4) is 0 Å². The van der Waals surface area contributed by atoms with Crippen LogP contribution in [-0.4, -0.2) is 40.6 Å². The fraction of sp³-hybridized carbons (Fsp3) is 0.500. The Labute approximate surface area is 148 Å². The zero-order chi connectivity index (χ0) is 17.3. The van der Waals surface area contributed by atoms with Gasteiger partial charge in [0.25, 0.3) is 0 Å². The quantitative estimate of drug-likeness (QED) is 0.850. The van der Waals surface area contributed by atoms with E-state index >= 15 is 0 Å². The van der Waals surface area contributed by atoms with Gasteiger partial charge in [-0.05, 0) is 50.3 Å². The first kappa shape index (κ1) is 16.3. The van der Waals surface area contributed by atoms with Gasteiger partial charge in [0.15, 0.2) is 0 Å². The summed E-state index contributed by atoms with van der Waals surface area (Å²) in [6.45, 7) is 5.81. The molecule has 1 aromatic heterocycles. The van der Waals surface area contributed by atoms with Gasteiger partial charge in [0.2, 0.25) is 5.91 Å². The lowest BCUT2D eigenvalue weighted by Gasteiger charge is -2.18. The lowest BCUT2D eigenvalue weighted by molar-refractivity contribution is -0.123. The Morgan fingerprint density at radius 3 is 2.84 bits per heavy atom. The van der Waals surface area contributed by atoms with E-state index in [0.717, 1.165) is 62.4 Å². The van der Waals surface area contributed by atoms with Crippen LogP contribution in [0.5, 0.6) is 0 Å². The van der Waals surface area contributed by atoms with Crippen molar-refractivity contribution in [2.45, 2.75) is 38.1 Å². The van der Waals surface area contributed by atoms with E-state index in [-0.39, 0.29) is 11.3 Å². The lowest BCUT2D eigenvalue weighted by atomic mass is 9.95. The van der Waals surface area contributed by atoms with E-state index < -0.39 is 0 Å². The van der Waals surface area contributed by atoms with E-state index in [1.807, 2.05) is 25.1 Å². The van der Waals surface area contributed by atoms with Gasteiger partial charge < -0.3 is 5.32 Å². The minimum Gasteiger partial charge on any atom is -0.355 e. The zero-order valence-electron chi connectivity index (χ0n) is 14.8. The predicted octanol–water partition coefficient (Wildman–Crippen LogP) is 2.39. The first-order valence-electron chi connectivity index (χ1n) is 9.23. The van der Waals surface area contributed by atoms with Crippen LogP contribution in [0.1, 0.15) is 36.2 Å². The molecule has 2 N–H and O–H groups in total. The molecule has 0 radical (unpaired) electrons. The standard InChI is InChI=1S/C20H26N4O/c1-15-11-18(23-22-15)14-24-10-7-16(13-24)12-21-19(25)20(8-9-20)17-5-3-2-4-6-17/h2-6,11,16H,7-10,12-14H2,1H3,(H,21,25)(H,22,23)/t16-/m1/s1. The maximum Gasteiger partial charge on any atom is 0.230 e. The number of aromatic nitrogens is 2. The first-order chi connectivity index (χ1) is 12.2. The molecule has 2 heterocycles. The van der Waals surface area contributed by atoms with Crippen molar-refractivity contribution < 1.29 is 4.79 Å². The monoisotopic (exact) mass is 338 g/mol. The fourth-order valence-electron chi connectivity index (χ4n) is 3.94. The average molecular weight is 338 g/mol. The topological polar surface area (TPSA) is 61.0 Å². The maximum absolute atomic E-state index is 12.7. The number of likely N-dealkylation sites (tertiary alicyclic amines) is 1. The maximum atomic E-state index is 12.7. The lowest BCUT2D eigenvalue weighted by Crippen LogP contribution is -2.38. The van der Waals surface area contributed by atoms with Gasteiger partial charge in [-0.15, -0.1) is 0 Å². The number of benzene rings is 1. The van der Waals surface area contributed by atoms with Crippen LogP contribution in [0.15, 0.2) is 36.4 Å². The molecule has 0 spiro atoms. The van der Waals surface area contributed by atoms with Crippen LogP contribution < -0.4 is 5.32 Å². The SMILES string of the molecule is Cc1cc(CN2CC[C@H](CNC(=O)C3(c4ccccc4)CC3)C2)n[nH]1. The Morgan fingerprint density at radius 2 is 2.16 bits per heavy atom. The minimum atomic E-state index is -0.258. The number of carbonyl (C=O) groups excluding carboxylic acids is 1. The third-order valence-corrected chi connectivity index (χ3v) is 5.58. The smallest absolute Gasteiger partial charge is 0.230 e. The van der Waals surface area contributed by atoms with Crippen molar-refractivity contribution in [1.82, 2.24) is 20.4 Å². The number of rotatable bonds is 6. The molecule has 1 saturated carbocycles. The number of aryl methyl sites for hydroxylation is 1. The third kappa shape index (κ3) is 3.47. The Kier molecular flexibility index (Phi) is 4.34. The molecule has 2 aliphatic rings. The molecule has 25 heavy (non-hydrogen) atoms. The minimum absolute atomic E-state index is 0.208. The number of carbonyl (C=O) groups is 1. The van der Waals surface area contributed by atoms with Crippen molar-refractivity contribution in [2.24, 2.45) is 5.92 Å². The number of nitrogens with zero attached hydrogens (tertiary/aromatic N) is 2. The molecule has 5 nitrogen and oxygen atoms in total. The van der Waals surface area contributed by atoms with Gasteiger partial charge in [0, 0.05) is 25.3 Å². The van der Waals surface area contributed by atoms with Gasteiger partial charge in [0.05, 0.1) is 11.1 Å². The number of nitrogens with one attached hydrogen (secondary N) is 2. The molecule has 2 fully saturated rings. The van der Waals surface area contributed by atoms with Crippen molar-refractivity contribution >= 4 is 5.91 Å². The Hall–Kier alpha value is -2.14. The average Bonchev–Trinajstić information content (AvgIpc) is 3.17. The molecule has 132 valence electrons. The number of aromatic amines is 1. The molecule has 5 heteroatoms. The first-order valence-corrected chi connectivity index (χ1v) is 9.23. The summed E-state index contributed by atoms with van der Waals surface area (Å²) >= 11 is 0. The van der Waals surface area contributed by atoms with E-state index in [1.165, 1.54) is 0 Å². The summed E-state index contributed by atoms with van der Waals surface area (Å²) in [5.74, 6) is 0.746. The number of H-pyrrole nitrogens is 1. The zero-order valence-corrected chi connectivity index (χ0v) is 14.8. The summed E-state index contributed by atoms with van der Waals surface area (Å²) in [6.07, 6.45) is 3.08. The highest BCUT2D eigenvalue weighted by atomic mass is 16.2. The highest BCUT2D eigenvalue weighted by molar-refractivity contribution is 5.91. The summed E-state index contributed by atoms with van der Waals surface area (Å²) < 4.78 is 0. The van der Waals surface area contributed by atoms with Crippen molar-refractivity contribution in [3.8, 4) is 0 Å². The van der Waals surface area contributed by atoms with Gasteiger partial charge in [-0.1, -0.05) is 30.3 Å².